The van der Waals surface area contributed by atoms with Crippen molar-refractivity contribution in [2.75, 3.05) is 11.1 Å². The number of amides is 1. The second kappa shape index (κ2) is 7.74. The van der Waals surface area contributed by atoms with E-state index in [2.05, 4.69) is 33.8 Å². The summed E-state index contributed by atoms with van der Waals surface area (Å²) in [5, 5.41) is 14.2. The molecule has 6 nitrogen and oxygen atoms in total. The molecular formula is C22H17N5OS2. The lowest BCUT2D eigenvalue weighted by Crippen LogP contribution is -2.13. The first-order chi connectivity index (χ1) is 14.7. The highest BCUT2D eigenvalue weighted by Crippen LogP contribution is 2.30. The number of aromatic nitrogens is 3. The van der Waals surface area contributed by atoms with Gasteiger partial charge in [0.15, 0.2) is 5.69 Å². The summed E-state index contributed by atoms with van der Waals surface area (Å²) in [5.41, 5.74) is 8.37. The van der Waals surface area contributed by atoms with E-state index in [1.165, 1.54) is 10.1 Å². The van der Waals surface area contributed by atoms with Gasteiger partial charge in [0.25, 0.3) is 5.91 Å². The van der Waals surface area contributed by atoms with E-state index in [-0.39, 0.29) is 11.6 Å². The Balaban J connectivity index is 1.33. The van der Waals surface area contributed by atoms with E-state index >= 15 is 0 Å². The van der Waals surface area contributed by atoms with Crippen molar-refractivity contribution in [3.05, 3.63) is 82.8 Å². The van der Waals surface area contributed by atoms with E-state index < -0.39 is 0 Å². The molecule has 0 atom stereocenters. The third-order valence-corrected chi connectivity index (χ3v) is 6.69. The number of thiophene rings is 2. The van der Waals surface area contributed by atoms with Gasteiger partial charge in [-0.05, 0) is 46.7 Å². The van der Waals surface area contributed by atoms with Gasteiger partial charge in [0.1, 0.15) is 0 Å². The van der Waals surface area contributed by atoms with Crippen LogP contribution in [0.5, 0.6) is 0 Å². The minimum absolute atomic E-state index is 0.247. The maximum absolute atomic E-state index is 12.7. The third kappa shape index (κ3) is 3.70. The largest absolute Gasteiger partial charge is 0.397 e. The first kappa shape index (κ1) is 18.5. The van der Waals surface area contributed by atoms with Gasteiger partial charge in [0.05, 0.1) is 24.1 Å². The number of rotatable bonds is 5. The van der Waals surface area contributed by atoms with Crippen LogP contribution in [0.15, 0.2) is 72.2 Å². The number of anilines is 2. The molecule has 0 unspecified atom stereocenters. The number of nitrogens with zero attached hydrogens (tertiary/aromatic N) is 3. The molecule has 148 valence electrons. The maximum atomic E-state index is 12.7. The number of hydrogen-bond donors (Lipinski definition) is 2. The second-order valence-corrected chi connectivity index (χ2v) is 8.90. The summed E-state index contributed by atoms with van der Waals surface area (Å²) in [7, 11) is 0. The fraction of sp³-hybridized carbons (Fsp3) is 0.0455. The highest BCUT2D eigenvalue weighted by Gasteiger charge is 2.14. The topological polar surface area (TPSA) is 85.8 Å². The van der Waals surface area contributed by atoms with E-state index in [4.69, 9.17) is 5.73 Å². The van der Waals surface area contributed by atoms with E-state index in [1.807, 2.05) is 41.8 Å². The molecule has 3 heterocycles. The second-order valence-electron chi connectivity index (χ2n) is 6.79. The molecule has 8 heteroatoms. The van der Waals surface area contributed by atoms with Crippen molar-refractivity contribution in [1.29, 1.82) is 0 Å². The van der Waals surface area contributed by atoms with Gasteiger partial charge in [-0.3, -0.25) is 4.79 Å². The van der Waals surface area contributed by atoms with Crippen LogP contribution in [0.1, 0.15) is 15.4 Å². The first-order valence-corrected chi connectivity index (χ1v) is 11.0. The average molecular weight is 432 g/mol. The highest BCUT2D eigenvalue weighted by atomic mass is 32.1. The number of carbonyl (C=O) groups excluding carboxylic acids is 1. The predicted octanol–water partition coefficient (Wildman–Crippen LogP) is 5.10. The molecule has 0 aliphatic rings. The maximum Gasteiger partial charge on any atom is 0.277 e. The minimum Gasteiger partial charge on any atom is -0.397 e. The SMILES string of the molecule is Nc1ccc(-c2cccs2)cc1NC(=O)c1cn(Cc2cc3ccccc3s2)nn1. The van der Waals surface area contributed by atoms with Gasteiger partial charge in [0.2, 0.25) is 0 Å². The van der Waals surface area contributed by atoms with Crippen molar-refractivity contribution in [3.63, 3.8) is 0 Å². The Morgan fingerprint density at radius 1 is 1.10 bits per heavy atom. The fourth-order valence-corrected chi connectivity index (χ4v) is 4.98. The summed E-state index contributed by atoms with van der Waals surface area (Å²) < 4.78 is 2.90. The van der Waals surface area contributed by atoms with Crippen molar-refractivity contribution < 1.29 is 4.79 Å². The molecule has 30 heavy (non-hydrogen) atoms. The quantitative estimate of drug-likeness (QED) is 0.379. The Hall–Kier alpha value is -3.49. The molecule has 3 aromatic heterocycles. The van der Waals surface area contributed by atoms with Crippen LogP contribution < -0.4 is 11.1 Å². The molecule has 0 aliphatic carbocycles. The van der Waals surface area contributed by atoms with Crippen molar-refractivity contribution in [1.82, 2.24) is 15.0 Å². The van der Waals surface area contributed by atoms with Crippen molar-refractivity contribution in [2.24, 2.45) is 0 Å². The zero-order valence-electron chi connectivity index (χ0n) is 15.8. The molecular weight excluding hydrogens is 414 g/mol. The van der Waals surface area contributed by atoms with Gasteiger partial charge >= 0.3 is 0 Å². The van der Waals surface area contributed by atoms with Gasteiger partial charge in [-0.1, -0.05) is 35.5 Å². The van der Waals surface area contributed by atoms with Crippen LogP contribution >= 0.6 is 22.7 Å². The zero-order valence-corrected chi connectivity index (χ0v) is 17.4. The van der Waals surface area contributed by atoms with Gasteiger partial charge in [-0.25, -0.2) is 4.68 Å². The molecule has 3 N–H and O–H groups in total. The third-order valence-electron chi connectivity index (χ3n) is 4.67. The van der Waals surface area contributed by atoms with Crippen LogP contribution in [0.25, 0.3) is 20.5 Å². The van der Waals surface area contributed by atoms with Gasteiger partial charge in [-0.2, -0.15) is 0 Å². The lowest BCUT2D eigenvalue weighted by Gasteiger charge is -2.08. The number of nitrogen functional groups attached to an aromatic ring is 1. The fourth-order valence-electron chi connectivity index (χ4n) is 3.20. The number of benzene rings is 2. The Bertz CT molecular complexity index is 1300. The molecule has 2 aromatic carbocycles. The number of nitrogens with two attached hydrogens (primary N) is 1. The summed E-state index contributed by atoms with van der Waals surface area (Å²) in [6.07, 6.45) is 1.65. The number of nitrogens with one attached hydrogen (secondary N) is 1. The Morgan fingerprint density at radius 2 is 2.00 bits per heavy atom. The molecule has 0 bridgehead atoms. The zero-order chi connectivity index (χ0) is 20.5. The summed E-state index contributed by atoms with van der Waals surface area (Å²) in [6.45, 7) is 0.565. The van der Waals surface area contributed by atoms with Crippen LogP contribution in [-0.4, -0.2) is 20.9 Å². The van der Waals surface area contributed by atoms with Crippen LogP contribution in [0.4, 0.5) is 11.4 Å². The summed E-state index contributed by atoms with van der Waals surface area (Å²) in [6, 6.07) is 20.0. The molecule has 5 rings (SSSR count). The molecule has 0 spiro atoms. The van der Waals surface area contributed by atoms with E-state index in [1.54, 1.807) is 39.6 Å². The van der Waals surface area contributed by atoms with Crippen LogP contribution in [0, 0.1) is 0 Å². The van der Waals surface area contributed by atoms with Gasteiger partial charge in [-0.15, -0.1) is 27.8 Å². The number of carbonyl (C=O) groups is 1. The van der Waals surface area contributed by atoms with E-state index in [9.17, 15) is 4.79 Å². The molecule has 1 amide bonds. The van der Waals surface area contributed by atoms with Crippen molar-refractivity contribution >= 4 is 50.0 Å². The van der Waals surface area contributed by atoms with E-state index in [0.29, 0.717) is 17.9 Å². The van der Waals surface area contributed by atoms with Gasteiger partial charge in [0, 0.05) is 14.5 Å². The lowest BCUT2D eigenvalue weighted by molar-refractivity contribution is 0.102. The Labute approximate surface area is 180 Å². The monoisotopic (exact) mass is 431 g/mol. The van der Waals surface area contributed by atoms with Crippen LogP contribution in [0.3, 0.4) is 0 Å². The standard InChI is InChI=1S/C22H17N5OS2/c23-17-8-7-15(20-6-3-9-29-20)11-18(17)24-22(28)19-13-27(26-25-19)12-16-10-14-4-1-2-5-21(14)30-16/h1-11,13H,12,23H2,(H,24,28). The molecule has 0 radical (unpaired) electrons. The first-order valence-electron chi connectivity index (χ1n) is 9.28. The van der Waals surface area contributed by atoms with Crippen molar-refractivity contribution in [3.8, 4) is 10.4 Å². The Kier molecular flexibility index (Phi) is 4.78. The molecule has 0 aliphatic heterocycles. The molecule has 5 aromatic rings. The molecule has 0 saturated carbocycles. The van der Waals surface area contributed by atoms with Crippen LogP contribution in [-0.2, 0) is 6.54 Å². The minimum atomic E-state index is -0.340. The molecule has 0 saturated heterocycles. The average Bonchev–Trinajstić information content (AvgIpc) is 3.50. The predicted molar refractivity (Wildman–Crippen MR) is 123 cm³/mol. The lowest BCUT2D eigenvalue weighted by atomic mass is 10.1. The summed E-state index contributed by atoms with van der Waals surface area (Å²) >= 11 is 3.34. The molecule has 0 fully saturated rings. The van der Waals surface area contributed by atoms with E-state index in [0.717, 1.165) is 15.3 Å². The number of fused-ring (bicyclic) bond motifs is 1. The summed E-state index contributed by atoms with van der Waals surface area (Å²) in [4.78, 5) is 15.0. The van der Waals surface area contributed by atoms with Crippen LogP contribution in [0.2, 0.25) is 0 Å². The summed E-state index contributed by atoms with van der Waals surface area (Å²) in [5.74, 6) is -0.340. The highest BCUT2D eigenvalue weighted by molar-refractivity contribution is 7.19. The van der Waals surface area contributed by atoms with Gasteiger partial charge < -0.3 is 11.1 Å². The Morgan fingerprint density at radius 3 is 2.83 bits per heavy atom. The number of hydrogen-bond acceptors (Lipinski definition) is 6. The smallest absolute Gasteiger partial charge is 0.277 e. The van der Waals surface area contributed by atoms with Crippen molar-refractivity contribution in [2.45, 2.75) is 6.54 Å². The normalized spacial score (nSPS) is 11.1.